The molecule has 8 nitrogen and oxygen atoms in total. The van der Waals surface area contributed by atoms with E-state index in [1.165, 1.54) is 10.9 Å². The van der Waals surface area contributed by atoms with Crippen molar-refractivity contribution in [3.63, 3.8) is 0 Å². The number of nitrogens with one attached hydrogen (secondary N) is 1. The molecular formula is C24H19Cl2N3O5S. The highest BCUT2D eigenvalue weighted by Crippen LogP contribution is 2.27. The maximum absolute atomic E-state index is 13.0. The average molecular weight is 532 g/mol. The summed E-state index contributed by atoms with van der Waals surface area (Å²) in [7, 11) is 0. The largest absolute Gasteiger partial charge is 0.490 e. The Bertz CT molecular complexity index is 1430. The van der Waals surface area contributed by atoms with E-state index in [2.05, 4.69) is 10.3 Å². The van der Waals surface area contributed by atoms with Crippen LogP contribution in [0.2, 0.25) is 10.0 Å². The first-order valence-corrected chi connectivity index (χ1v) is 12.0. The van der Waals surface area contributed by atoms with Crippen molar-refractivity contribution in [3.8, 4) is 5.75 Å². The van der Waals surface area contributed by atoms with Crippen LogP contribution >= 0.6 is 34.5 Å². The number of amides is 1. The third-order valence-corrected chi connectivity index (χ3v) is 6.51. The van der Waals surface area contributed by atoms with Gasteiger partial charge in [0.05, 0.1) is 11.7 Å². The summed E-state index contributed by atoms with van der Waals surface area (Å²) in [6.45, 7) is 1.61. The molecule has 11 heteroatoms. The number of halogens is 2. The Kier molecular flexibility index (Phi) is 7.70. The average Bonchev–Trinajstić information content (AvgIpc) is 3.15. The van der Waals surface area contributed by atoms with Crippen molar-refractivity contribution in [1.29, 1.82) is 0 Å². The topological polar surface area (TPSA) is 99.5 Å². The van der Waals surface area contributed by atoms with Gasteiger partial charge in [0.15, 0.2) is 0 Å². The summed E-state index contributed by atoms with van der Waals surface area (Å²) in [4.78, 5) is 43.0. The van der Waals surface area contributed by atoms with Crippen LogP contribution in [-0.4, -0.2) is 34.6 Å². The quantitative estimate of drug-likeness (QED) is 0.255. The number of thiophene rings is 1. The van der Waals surface area contributed by atoms with Gasteiger partial charge in [0.1, 0.15) is 35.2 Å². The highest BCUT2D eigenvalue weighted by Gasteiger charge is 2.21. The summed E-state index contributed by atoms with van der Waals surface area (Å²) in [6.07, 6.45) is 1.27. The normalized spacial score (nSPS) is 10.8. The molecule has 0 unspecified atom stereocenters. The molecule has 0 spiro atoms. The number of ether oxygens (including phenoxy) is 2. The number of fused-ring (bicyclic) bond motifs is 1. The van der Waals surface area contributed by atoms with Gasteiger partial charge in [0, 0.05) is 15.7 Å². The number of anilines is 1. The molecule has 0 atom stereocenters. The number of aromatic nitrogens is 2. The summed E-state index contributed by atoms with van der Waals surface area (Å²) in [5.74, 6) is -0.352. The van der Waals surface area contributed by atoms with Crippen molar-refractivity contribution in [2.24, 2.45) is 0 Å². The molecule has 0 saturated carbocycles. The third kappa shape index (κ3) is 6.00. The van der Waals surface area contributed by atoms with Gasteiger partial charge in [-0.05, 0) is 42.8 Å². The molecule has 35 heavy (non-hydrogen) atoms. The van der Waals surface area contributed by atoms with Crippen molar-refractivity contribution in [1.82, 2.24) is 9.55 Å². The molecule has 1 amide bonds. The standard InChI is InChI=1S/C24H19Cl2N3O5S/c1-14-20-22(35-21(14)24(32)34-8-7-33-18-5-3-2-4-6-18)27-13-29(23(20)31)12-19(30)28-17-10-15(25)9-16(26)11-17/h2-6,9-11,13H,7-8,12H2,1H3,(H,28,30). The van der Waals surface area contributed by atoms with Gasteiger partial charge in [-0.25, -0.2) is 9.78 Å². The molecule has 0 bridgehead atoms. The van der Waals surface area contributed by atoms with Crippen LogP contribution in [0.15, 0.2) is 59.7 Å². The van der Waals surface area contributed by atoms with Crippen LogP contribution in [-0.2, 0) is 16.1 Å². The molecule has 2 aromatic heterocycles. The van der Waals surface area contributed by atoms with Crippen molar-refractivity contribution in [3.05, 3.63) is 85.7 Å². The summed E-state index contributed by atoms with van der Waals surface area (Å²) in [5.41, 5.74) is 0.421. The highest BCUT2D eigenvalue weighted by molar-refractivity contribution is 7.20. The Morgan fingerprint density at radius 2 is 1.80 bits per heavy atom. The molecule has 0 saturated heterocycles. The molecule has 0 aliphatic heterocycles. The Morgan fingerprint density at radius 3 is 2.51 bits per heavy atom. The number of carbonyl (C=O) groups is 2. The summed E-state index contributed by atoms with van der Waals surface area (Å²) < 4.78 is 12.0. The third-order valence-electron chi connectivity index (χ3n) is 4.89. The van der Waals surface area contributed by atoms with Crippen LogP contribution in [0.1, 0.15) is 15.2 Å². The second kappa shape index (κ2) is 10.9. The van der Waals surface area contributed by atoms with Crippen molar-refractivity contribution in [2.75, 3.05) is 18.5 Å². The number of benzene rings is 2. The van der Waals surface area contributed by atoms with Crippen LogP contribution in [0.25, 0.3) is 10.2 Å². The molecule has 180 valence electrons. The molecule has 2 heterocycles. The molecule has 4 rings (SSSR count). The van der Waals surface area contributed by atoms with Gasteiger partial charge in [-0.3, -0.25) is 14.2 Å². The monoisotopic (exact) mass is 531 g/mol. The number of hydrogen-bond acceptors (Lipinski definition) is 7. The Hall–Kier alpha value is -3.40. The van der Waals surface area contributed by atoms with Crippen LogP contribution in [0.4, 0.5) is 5.69 Å². The van der Waals surface area contributed by atoms with E-state index in [1.807, 2.05) is 18.2 Å². The maximum Gasteiger partial charge on any atom is 0.348 e. The molecule has 2 aromatic carbocycles. The molecule has 0 aliphatic carbocycles. The number of carbonyl (C=O) groups excluding carboxylic acids is 2. The summed E-state index contributed by atoms with van der Waals surface area (Å²) >= 11 is 13.0. The zero-order chi connectivity index (χ0) is 24.9. The number of nitrogens with zero attached hydrogens (tertiary/aromatic N) is 2. The van der Waals surface area contributed by atoms with E-state index in [0.717, 1.165) is 11.3 Å². The molecular weight excluding hydrogens is 513 g/mol. The van der Waals surface area contributed by atoms with E-state index in [0.29, 0.717) is 31.9 Å². The first-order valence-electron chi connectivity index (χ1n) is 10.4. The van der Waals surface area contributed by atoms with Gasteiger partial charge in [-0.2, -0.15) is 0 Å². The second-order valence-electron chi connectivity index (χ2n) is 7.42. The van der Waals surface area contributed by atoms with Gasteiger partial charge in [-0.1, -0.05) is 41.4 Å². The van der Waals surface area contributed by atoms with Gasteiger partial charge in [0.25, 0.3) is 5.56 Å². The van der Waals surface area contributed by atoms with Gasteiger partial charge in [0.2, 0.25) is 5.91 Å². The molecule has 0 aliphatic rings. The number of aryl methyl sites for hydroxylation is 1. The second-order valence-corrected chi connectivity index (χ2v) is 9.29. The van der Waals surface area contributed by atoms with Crippen LogP contribution in [0, 0.1) is 6.92 Å². The van der Waals surface area contributed by atoms with Crippen molar-refractivity contribution in [2.45, 2.75) is 13.5 Å². The van der Waals surface area contributed by atoms with E-state index in [4.69, 9.17) is 32.7 Å². The van der Waals surface area contributed by atoms with Crippen molar-refractivity contribution < 1.29 is 19.1 Å². The van der Waals surface area contributed by atoms with Gasteiger partial charge in [-0.15, -0.1) is 11.3 Å². The molecule has 1 N–H and O–H groups in total. The molecule has 0 radical (unpaired) electrons. The lowest BCUT2D eigenvalue weighted by molar-refractivity contribution is -0.116. The molecule has 4 aromatic rings. The minimum absolute atomic E-state index is 0.0484. The maximum atomic E-state index is 13.0. The fourth-order valence-corrected chi connectivity index (χ4v) is 4.88. The Balaban J connectivity index is 1.44. The minimum atomic E-state index is -0.566. The smallest absolute Gasteiger partial charge is 0.348 e. The first kappa shape index (κ1) is 24.7. The highest BCUT2D eigenvalue weighted by atomic mass is 35.5. The van der Waals surface area contributed by atoms with E-state index < -0.39 is 17.4 Å². The van der Waals surface area contributed by atoms with E-state index in [-0.39, 0.29) is 30.0 Å². The number of esters is 1. The lowest BCUT2D eigenvalue weighted by Gasteiger charge is -2.08. The Labute approximate surface area is 214 Å². The van der Waals surface area contributed by atoms with E-state index >= 15 is 0 Å². The molecule has 0 fully saturated rings. The minimum Gasteiger partial charge on any atom is -0.490 e. The number of hydrogen-bond donors (Lipinski definition) is 1. The first-order chi connectivity index (χ1) is 16.8. The van der Waals surface area contributed by atoms with Crippen LogP contribution in [0.5, 0.6) is 5.75 Å². The lowest BCUT2D eigenvalue weighted by Crippen LogP contribution is -2.27. The fourth-order valence-electron chi connectivity index (χ4n) is 3.32. The summed E-state index contributed by atoms with van der Waals surface area (Å²) in [5, 5.41) is 3.65. The van der Waals surface area contributed by atoms with E-state index in [9.17, 15) is 14.4 Å². The SMILES string of the molecule is Cc1c(C(=O)OCCOc2ccccc2)sc2ncn(CC(=O)Nc3cc(Cl)cc(Cl)c3)c(=O)c12. The van der Waals surface area contributed by atoms with Crippen LogP contribution in [0.3, 0.4) is 0 Å². The predicted octanol–water partition coefficient (Wildman–Crippen LogP) is 4.95. The zero-order valence-electron chi connectivity index (χ0n) is 18.4. The fraction of sp³-hybridized carbons (Fsp3) is 0.167. The predicted molar refractivity (Wildman–Crippen MR) is 136 cm³/mol. The van der Waals surface area contributed by atoms with Crippen molar-refractivity contribution >= 4 is 62.3 Å². The zero-order valence-corrected chi connectivity index (χ0v) is 20.7. The van der Waals surface area contributed by atoms with Gasteiger partial charge < -0.3 is 14.8 Å². The Morgan fingerprint density at radius 1 is 1.09 bits per heavy atom. The number of rotatable bonds is 8. The van der Waals surface area contributed by atoms with E-state index in [1.54, 1.807) is 37.3 Å². The van der Waals surface area contributed by atoms with Gasteiger partial charge >= 0.3 is 5.97 Å². The lowest BCUT2D eigenvalue weighted by atomic mass is 10.2. The number of para-hydroxylation sites is 1. The summed E-state index contributed by atoms with van der Waals surface area (Å²) in [6, 6.07) is 13.8. The van der Waals surface area contributed by atoms with Crippen LogP contribution < -0.4 is 15.6 Å².